The normalized spacial score (nSPS) is 10.4. The van der Waals surface area contributed by atoms with E-state index in [1.807, 2.05) is 18.4 Å². The van der Waals surface area contributed by atoms with Crippen LogP contribution in [0.1, 0.15) is 5.56 Å². The Labute approximate surface area is 98.9 Å². The number of nitriles is 1. The molecule has 0 atom stereocenters. The van der Waals surface area contributed by atoms with Crippen molar-refractivity contribution in [2.45, 2.75) is 4.90 Å². The Kier molecular flexibility index (Phi) is 2.82. The van der Waals surface area contributed by atoms with E-state index >= 15 is 0 Å². The van der Waals surface area contributed by atoms with E-state index < -0.39 is 0 Å². The predicted molar refractivity (Wildman–Crippen MR) is 66.0 cm³/mol. The summed E-state index contributed by atoms with van der Waals surface area (Å²) in [5, 5.41) is 10.2. The highest BCUT2D eigenvalue weighted by Crippen LogP contribution is 2.35. The topological polar surface area (TPSA) is 23.8 Å². The van der Waals surface area contributed by atoms with Crippen LogP contribution in [0.5, 0.6) is 0 Å². The van der Waals surface area contributed by atoms with E-state index in [2.05, 4.69) is 28.1 Å². The molecular weight excluding hydrogens is 278 g/mol. The monoisotopic (exact) mass is 283 g/mol. The molecule has 0 aliphatic heterocycles. The zero-order chi connectivity index (χ0) is 10.1. The van der Waals surface area contributed by atoms with Gasteiger partial charge in [-0.25, -0.2) is 0 Å². The number of thiophene rings is 1. The molecule has 0 radical (unpaired) electrons. The highest BCUT2D eigenvalue weighted by atomic mass is 79.9. The molecule has 1 aromatic carbocycles. The number of nitrogens with zero attached hydrogens (tertiary/aromatic N) is 1. The van der Waals surface area contributed by atoms with Crippen LogP contribution >= 0.6 is 39.0 Å². The lowest BCUT2D eigenvalue weighted by atomic mass is 10.2. The third-order valence-electron chi connectivity index (χ3n) is 1.95. The van der Waals surface area contributed by atoms with E-state index in [9.17, 15) is 0 Å². The van der Waals surface area contributed by atoms with E-state index in [-0.39, 0.29) is 0 Å². The largest absolute Gasteiger partial charge is 0.192 e. The van der Waals surface area contributed by atoms with Crippen molar-refractivity contribution in [1.82, 2.24) is 0 Å². The van der Waals surface area contributed by atoms with Crippen LogP contribution in [0.2, 0.25) is 0 Å². The van der Waals surface area contributed by atoms with Gasteiger partial charge in [0.2, 0.25) is 0 Å². The third kappa shape index (κ3) is 1.56. The SMILES string of the molecule is CSc1ccc2cc(Br)sc2c1C#N. The molecule has 14 heavy (non-hydrogen) atoms. The maximum atomic E-state index is 9.08. The average Bonchev–Trinajstić information content (AvgIpc) is 2.56. The standard InChI is InChI=1S/C10H6BrNS2/c1-13-8-3-2-6-4-9(11)14-10(6)7(8)5-12/h2-4H,1H3. The summed E-state index contributed by atoms with van der Waals surface area (Å²) in [6, 6.07) is 8.38. The van der Waals surface area contributed by atoms with Crippen LogP contribution in [0.25, 0.3) is 10.1 Å². The van der Waals surface area contributed by atoms with Gasteiger partial charge in [0.15, 0.2) is 0 Å². The first kappa shape index (κ1) is 10.0. The Morgan fingerprint density at radius 2 is 2.29 bits per heavy atom. The molecule has 0 bridgehead atoms. The van der Waals surface area contributed by atoms with Crippen LogP contribution in [0, 0.1) is 11.3 Å². The summed E-state index contributed by atoms with van der Waals surface area (Å²) >= 11 is 6.66. The van der Waals surface area contributed by atoms with Gasteiger partial charge in [0.05, 0.1) is 14.0 Å². The average molecular weight is 284 g/mol. The molecular formula is C10H6BrNS2. The quantitative estimate of drug-likeness (QED) is 0.731. The Morgan fingerprint density at radius 3 is 2.93 bits per heavy atom. The molecule has 4 heteroatoms. The van der Waals surface area contributed by atoms with Gasteiger partial charge in [-0.3, -0.25) is 0 Å². The summed E-state index contributed by atoms with van der Waals surface area (Å²) in [5.41, 5.74) is 0.797. The fourth-order valence-electron chi connectivity index (χ4n) is 1.33. The summed E-state index contributed by atoms with van der Waals surface area (Å²) in [7, 11) is 0. The highest BCUT2D eigenvalue weighted by molar-refractivity contribution is 9.11. The Morgan fingerprint density at radius 1 is 1.50 bits per heavy atom. The summed E-state index contributed by atoms with van der Waals surface area (Å²) in [6.45, 7) is 0. The molecule has 2 rings (SSSR count). The fraction of sp³-hybridized carbons (Fsp3) is 0.100. The Hall–Kier alpha value is -0.500. The van der Waals surface area contributed by atoms with E-state index in [4.69, 9.17) is 5.26 Å². The molecule has 0 amide bonds. The zero-order valence-electron chi connectivity index (χ0n) is 7.37. The number of rotatable bonds is 1. The van der Waals surface area contributed by atoms with Crippen molar-refractivity contribution in [3.8, 4) is 6.07 Å². The maximum Gasteiger partial charge on any atom is 0.102 e. The first-order chi connectivity index (χ1) is 6.76. The van der Waals surface area contributed by atoms with Gasteiger partial charge in [0.1, 0.15) is 6.07 Å². The van der Waals surface area contributed by atoms with E-state index in [0.29, 0.717) is 0 Å². The van der Waals surface area contributed by atoms with Crippen LogP contribution in [0.4, 0.5) is 0 Å². The first-order valence-electron chi connectivity index (χ1n) is 3.92. The molecule has 0 saturated heterocycles. The number of thioether (sulfide) groups is 1. The zero-order valence-corrected chi connectivity index (χ0v) is 10.6. The second kappa shape index (κ2) is 3.93. The van der Waals surface area contributed by atoms with Gasteiger partial charge < -0.3 is 0 Å². The maximum absolute atomic E-state index is 9.08. The third-order valence-corrected chi connectivity index (χ3v) is 4.40. The minimum Gasteiger partial charge on any atom is -0.192 e. The first-order valence-corrected chi connectivity index (χ1v) is 6.76. The Bertz CT molecular complexity index is 525. The minimum atomic E-state index is 0.797. The van der Waals surface area contributed by atoms with Gasteiger partial charge in [-0.05, 0) is 39.7 Å². The van der Waals surface area contributed by atoms with Crippen LogP contribution in [-0.2, 0) is 0 Å². The van der Waals surface area contributed by atoms with Gasteiger partial charge in [0, 0.05) is 4.90 Å². The molecule has 70 valence electrons. The van der Waals surface area contributed by atoms with Crippen molar-refractivity contribution >= 4 is 49.1 Å². The van der Waals surface area contributed by atoms with Crippen molar-refractivity contribution in [3.05, 3.63) is 27.5 Å². The lowest BCUT2D eigenvalue weighted by Gasteiger charge is -1.99. The fourth-order valence-corrected chi connectivity index (χ4v) is 3.57. The summed E-state index contributed by atoms with van der Waals surface area (Å²) < 4.78 is 2.15. The summed E-state index contributed by atoms with van der Waals surface area (Å²) in [6.07, 6.45) is 1.99. The van der Waals surface area contributed by atoms with Gasteiger partial charge in [0.25, 0.3) is 0 Å². The molecule has 0 spiro atoms. The molecule has 0 fully saturated rings. The number of halogens is 1. The molecule has 0 N–H and O–H groups in total. The molecule has 1 aromatic heterocycles. The lowest BCUT2D eigenvalue weighted by molar-refractivity contribution is 1.42. The smallest absolute Gasteiger partial charge is 0.102 e. The van der Waals surface area contributed by atoms with Crippen molar-refractivity contribution in [1.29, 1.82) is 5.26 Å². The number of hydrogen-bond donors (Lipinski definition) is 0. The molecule has 1 heterocycles. The number of fused-ring (bicyclic) bond motifs is 1. The van der Waals surface area contributed by atoms with Crippen molar-refractivity contribution in [2.24, 2.45) is 0 Å². The van der Waals surface area contributed by atoms with Crippen LogP contribution in [-0.4, -0.2) is 6.26 Å². The van der Waals surface area contributed by atoms with E-state index in [1.54, 1.807) is 23.1 Å². The molecule has 0 unspecified atom stereocenters. The van der Waals surface area contributed by atoms with Gasteiger partial charge >= 0.3 is 0 Å². The molecule has 2 aromatic rings. The molecule has 0 aliphatic carbocycles. The number of benzene rings is 1. The van der Waals surface area contributed by atoms with Crippen molar-refractivity contribution in [3.63, 3.8) is 0 Å². The van der Waals surface area contributed by atoms with E-state index in [0.717, 1.165) is 24.3 Å². The van der Waals surface area contributed by atoms with Gasteiger partial charge in [-0.2, -0.15) is 5.26 Å². The summed E-state index contributed by atoms with van der Waals surface area (Å²) in [5.74, 6) is 0. The summed E-state index contributed by atoms with van der Waals surface area (Å²) in [4.78, 5) is 1.05. The highest BCUT2D eigenvalue weighted by Gasteiger charge is 2.09. The second-order valence-electron chi connectivity index (χ2n) is 2.72. The van der Waals surface area contributed by atoms with Crippen LogP contribution in [0.15, 0.2) is 26.9 Å². The number of hydrogen-bond acceptors (Lipinski definition) is 3. The minimum absolute atomic E-state index is 0.797. The van der Waals surface area contributed by atoms with E-state index in [1.165, 1.54) is 0 Å². The molecule has 0 aliphatic rings. The molecule has 0 saturated carbocycles. The van der Waals surface area contributed by atoms with Crippen LogP contribution in [0.3, 0.4) is 0 Å². The second-order valence-corrected chi connectivity index (χ2v) is 6.00. The van der Waals surface area contributed by atoms with Gasteiger partial charge in [-0.1, -0.05) is 6.07 Å². The lowest BCUT2D eigenvalue weighted by Crippen LogP contribution is -1.79. The molecule has 1 nitrogen and oxygen atoms in total. The Balaban J connectivity index is 2.84. The van der Waals surface area contributed by atoms with Crippen molar-refractivity contribution in [2.75, 3.05) is 6.26 Å². The van der Waals surface area contributed by atoms with Gasteiger partial charge in [-0.15, -0.1) is 23.1 Å². The predicted octanol–water partition coefficient (Wildman–Crippen LogP) is 4.26. The van der Waals surface area contributed by atoms with Crippen molar-refractivity contribution < 1.29 is 0 Å². The van der Waals surface area contributed by atoms with Crippen LogP contribution < -0.4 is 0 Å².